The molecule has 0 aliphatic heterocycles. The predicted molar refractivity (Wildman–Crippen MR) is 417 cm³/mol. The quantitative estimate of drug-likeness (QED) is 0.0169. The number of hydrogen-bond donors (Lipinski definition) is 3. The fourth-order valence-electron chi connectivity index (χ4n) is 9.28. The monoisotopic (exact) mass is 1460 g/mol. The molecule has 0 rings (SSSR count). The van der Waals surface area contributed by atoms with Gasteiger partial charge in [0, 0.05) is 12.8 Å². The van der Waals surface area contributed by atoms with Crippen molar-refractivity contribution in [1.82, 2.24) is 0 Å². The molecule has 0 spiro atoms. The van der Waals surface area contributed by atoms with E-state index < -0.39 is 97.5 Å². The van der Waals surface area contributed by atoms with E-state index in [1.54, 1.807) is 18.2 Å². The van der Waals surface area contributed by atoms with E-state index in [4.69, 9.17) is 37.0 Å². The number of carbonyl (C=O) groups is 4. The van der Waals surface area contributed by atoms with Gasteiger partial charge in [-0.1, -0.05) is 293 Å². The van der Waals surface area contributed by atoms with Gasteiger partial charge in [0.25, 0.3) is 0 Å². The number of rotatable bonds is 69. The third-order valence-electron chi connectivity index (χ3n) is 14.9. The van der Waals surface area contributed by atoms with Crippen LogP contribution in [-0.2, 0) is 65.4 Å². The SMILES string of the molecule is CC/C=C\C/C=C\C/C=C\C/C=C\C/C=C\CCCCCC(=O)OCC(COP(=O)(O)OCC(O)COP(=O)(O)OCC(COC(=O)C/C=C\C/C=C\C/C=C\C/C=C\C/C=C\CC)OC(=O)CCCCCCCCCCCCCCC)OC(=O)C/C=C\C/C=C\C/C=C\C/C=C\C/C=C\CC. The number of ether oxygens (including phenoxy) is 4. The van der Waals surface area contributed by atoms with Crippen molar-refractivity contribution in [2.75, 3.05) is 39.6 Å². The molecule has 3 N–H and O–H groups in total. The zero-order chi connectivity index (χ0) is 74.6. The molecule has 0 radical (unpaired) electrons. The first-order valence-electron chi connectivity index (χ1n) is 38.0. The first-order chi connectivity index (χ1) is 49.7. The molecule has 0 aliphatic rings. The van der Waals surface area contributed by atoms with Crippen molar-refractivity contribution in [1.29, 1.82) is 0 Å². The van der Waals surface area contributed by atoms with E-state index in [1.165, 1.54) is 51.4 Å². The van der Waals surface area contributed by atoms with Gasteiger partial charge in [0.2, 0.25) is 0 Å². The molecule has 5 atom stereocenters. The average Bonchev–Trinajstić information content (AvgIpc) is 0.924. The maximum absolute atomic E-state index is 13.1. The molecule has 0 bridgehead atoms. The van der Waals surface area contributed by atoms with Crippen LogP contribution < -0.4 is 0 Å². The lowest BCUT2D eigenvalue weighted by atomic mass is 10.0. The molecule has 0 aromatic heterocycles. The summed E-state index contributed by atoms with van der Waals surface area (Å²) in [6, 6.07) is 0. The summed E-state index contributed by atoms with van der Waals surface area (Å²) < 4.78 is 68.2. The van der Waals surface area contributed by atoms with Crippen LogP contribution in [-0.4, -0.2) is 96.7 Å². The van der Waals surface area contributed by atoms with Crippen molar-refractivity contribution in [3.05, 3.63) is 182 Å². The Morgan fingerprint density at radius 3 is 0.912 bits per heavy atom. The fourth-order valence-corrected chi connectivity index (χ4v) is 10.9. The van der Waals surface area contributed by atoms with Gasteiger partial charge in [0.1, 0.15) is 19.3 Å². The van der Waals surface area contributed by atoms with Gasteiger partial charge in [-0.3, -0.25) is 37.3 Å². The van der Waals surface area contributed by atoms with E-state index >= 15 is 0 Å². The highest BCUT2D eigenvalue weighted by atomic mass is 31.2. The second-order valence-corrected chi connectivity index (χ2v) is 27.4. The molecule has 0 aromatic rings. The largest absolute Gasteiger partial charge is 0.472 e. The second-order valence-electron chi connectivity index (χ2n) is 24.5. The molecule has 0 aliphatic carbocycles. The predicted octanol–water partition coefficient (Wildman–Crippen LogP) is 22.0. The summed E-state index contributed by atoms with van der Waals surface area (Å²) in [7, 11) is -10.0. The van der Waals surface area contributed by atoms with Crippen LogP contribution in [0, 0.1) is 0 Å². The summed E-state index contributed by atoms with van der Waals surface area (Å²) in [5.41, 5.74) is 0. The summed E-state index contributed by atoms with van der Waals surface area (Å²) >= 11 is 0. The number of aliphatic hydroxyl groups excluding tert-OH is 1. The van der Waals surface area contributed by atoms with Gasteiger partial charge >= 0.3 is 39.5 Å². The van der Waals surface area contributed by atoms with Gasteiger partial charge < -0.3 is 33.8 Å². The molecule has 17 nitrogen and oxygen atoms in total. The van der Waals surface area contributed by atoms with Crippen molar-refractivity contribution < 1.29 is 80.2 Å². The average molecular weight is 1460 g/mol. The summed E-state index contributed by atoms with van der Waals surface area (Å²) in [5.74, 6) is -2.53. The minimum absolute atomic E-state index is 0.0690. The molecule has 0 amide bonds. The molecule has 5 unspecified atom stereocenters. The molecule has 0 fully saturated rings. The fraction of sp³-hybridized carbons (Fsp3) is 0.590. The van der Waals surface area contributed by atoms with E-state index in [9.17, 15) is 43.2 Å². The standard InChI is InChI=1S/C83H132O17P2/c1-5-9-13-17-21-25-29-33-36-37-38-39-42-45-48-52-56-60-64-68-81(86)94-74-79(100-83(88)70-66-62-58-54-50-46-41-35-31-27-23-19-15-11-7-3)76-98-102(91,92)96-72-77(84)71-95-101(89,90)97-75-78(99-82(87)69-65-61-57-53-49-43-32-28-24-20-16-12-8-4)73-93-80(85)67-63-59-55-51-47-44-40-34-30-26-22-18-14-10-6-2/h9-11,13-15,21-23,25-27,33-36,38-41,45,47-48,50-51,54,59,62-63,66,77-79,84H,5-8,12,16-20,24,28-32,37,42-44,46,49,52-53,55-58,60-61,64-65,67-76H2,1-4H3,(H,89,90)(H,91,92)/b13-9-,14-10-,15-11-,25-21-,26-22-,27-23-,36-33-,39-38-,40-34-,41-35-,48-45-,51-47-,54-50-,63-59-,66-62-. The van der Waals surface area contributed by atoms with Gasteiger partial charge in [-0.2, -0.15) is 0 Å². The van der Waals surface area contributed by atoms with Gasteiger partial charge in [0.15, 0.2) is 12.2 Å². The Kier molecular flexibility index (Phi) is 69.3. The number of esters is 4. The lowest BCUT2D eigenvalue weighted by Gasteiger charge is -2.21. The molecule has 102 heavy (non-hydrogen) atoms. The third-order valence-corrected chi connectivity index (χ3v) is 16.8. The molecule has 0 saturated carbocycles. The number of allylic oxidation sites excluding steroid dienone is 28. The number of aliphatic hydroxyl groups is 1. The maximum Gasteiger partial charge on any atom is 0.472 e. The Hall–Kier alpha value is -5.84. The Balaban J connectivity index is 5.52. The number of phosphoric ester groups is 2. The number of hydrogen-bond acceptors (Lipinski definition) is 15. The summed E-state index contributed by atoms with van der Waals surface area (Å²) in [4.78, 5) is 72.7. The molecule has 0 aromatic carbocycles. The lowest BCUT2D eigenvalue weighted by molar-refractivity contribution is -0.160. The molecular weight excluding hydrogens is 1330 g/mol. The minimum Gasteiger partial charge on any atom is -0.462 e. The van der Waals surface area contributed by atoms with Gasteiger partial charge in [0.05, 0.1) is 39.3 Å². The lowest BCUT2D eigenvalue weighted by Crippen LogP contribution is -2.30. The smallest absolute Gasteiger partial charge is 0.462 e. The first kappa shape index (κ1) is 96.2. The normalized spacial score (nSPS) is 14.9. The summed E-state index contributed by atoms with van der Waals surface area (Å²) in [6.45, 7) is 4.23. The zero-order valence-electron chi connectivity index (χ0n) is 62.7. The van der Waals surface area contributed by atoms with Crippen LogP contribution >= 0.6 is 15.6 Å². The van der Waals surface area contributed by atoms with Crippen molar-refractivity contribution in [2.45, 2.75) is 277 Å². The Morgan fingerprint density at radius 2 is 0.559 bits per heavy atom. The molecule has 0 heterocycles. The number of unbranched alkanes of at least 4 members (excludes halogenated alkanes) is 15. The van der Waals surface area contributed by atoms with Crippen LogP contribution in [0.2, 0.25) is 0 Å². The van der Waals surface area contributed by atoms with Gasteiger partial charge in [-0.25, -0.2) is 9.13 Å². The number of phosphoric acid groups is 2. The maximum atomic E-state index is 13.1. The molecule has 19 heteroatoms. The van der Waals surface area contributed by atoms with E-state index in [1.807, 2.05) is 30.4 Å². The van der Waals surface area contributed by atoms with E-state index in [-0.39, 0.29) is 25.7 Å². The second kappa shape index (κ2) is 73.5. The van der Waals surface area contributed by atoms with Crippen LogP contribution in [0.15, 0.2) is 182 Å². The number of carbonyl (C=O) groups excluding carboxylic acids is 4. The molecule has 0 saturated heterocycles. The Bertz CT molecular complexity index is 2650. The van der Waals surface area contributed by atoms with Crippen molar-refractivity contribution in [3.63, 3.8) is 0 Å². The highest BCUT2D eigenvalue weighted by Crippen LogP contribution is 2.45. The Labute approximate surface area is 615 Å². The van der Waals surface area contributed by atoms with E-state index in [2.05, 4.69) is 161 Å². The van der Waals surface area contributed by atoms with Crippen molar-refractivity contribution >= 4 is 39.5 Å². The third kappa shape index (κ3) is 72.5. The van der Waals surface area contributed by atoms with Crippen LogP contribution in [0.3, 0.4) is 0 Å². The topological polar surface area (TPSA) is 237 Å². The first-order valence-corrected chi connectivity index (χ1v) is 41.0. The van der Waals surface area contributed by atoms with Crippen LogP contribution in [0.25, 0.3) is 0 Å². The molecular formula is C83H132O17P2. The molecule has 576 valence electrons. The van der Waals surface area contributed by atoms with Crippen LogP contribution in [0.5, 0.6) is 0 Å². The summed E-state index contributed by atoms with van der Waals surface area (Å²) in [6.07, 6.45) is 88.1. The Morgan fingerprint density at radius 1 is 0.294 bits per heavy atom. The highest BCUT2D eigenvalue weighted by molar-refractivity contribution is 7.47. The van der Waals surface area contributed by atoms with Crippen molar-refractivity contribution in [3.8, 4) is 0 Å². The van der Waals surface area contributed by atoms with Gasteiger partial charge in [-0.05, 0) is 122 Å². The van der Waals surface area contributed by atoms with E-state index in [0.29, 0.717) is 25.7 Å². The zero-order valence-corrected chi connectivity index (χ0v) is 64.5. The highest BCUT2D eigenvalue weighted by Gasteiger charge is 2.30. The van der Waals surface area contributed by atoms with Crippen molar-refractivity contribution in [2.24, 2.45) is 0 Å². The van der Waals surface area contributed by atoms with Crippen LogP contribution in [0.1, 0.15) is 259 Å². The minimum atomic E-state index is -5.02. The van der Waals surface area contributed by atoms with E-state index in [0.717, 1.165) is 128 Å². The summed E-state index contributed by atoms with van der Waals surface area (Å²) in [5, 5.41) is 10.6. The van der Waals surface area contributed by atoms with Gasteiger partial charge in [-0.15, -0.1) is 0 Å². The van der Waals surface area contributed by atoms with Crippen LogP contribution in [0.4, 0.5) is 0 Å².